The van der Waals surface area contributed by atoms with Gasteiger partial charge in [0.2, 0.25) is 0 Å². The average molecular weight is 134 g/mol. The first-order valence-electron chi connectivity index (χ1n) is 2.36. The van der Waals surface area contributed by atoms with Crippen LogP contribution in [0.1, 0.15) is 6.92 Å². The van der Waals surface area contributed by atoms with Gasteiger partial charge in [-0.2, -0.15) is 0 Å². The van der Waals surface area contributed by atoms with E-state index in [1.807, 2.05) is 0 Å². The van der Waals surface area contributed by atoms with Crippen LogP contribution >= 0.6 is 0 Å². The fourth-order valence-electron chi connectivity index (χ4n) is 0. The first-order chi connectivity index (χ1) is 4.18. The standard InChI is InChI=1S/C3H8O2.C2H2O2/c1-3(5)2-4;3-1-2-4/h3-5H,2H2,1H3;1-2H. The van der Waals surface area contributed by atoms with Gasteiger partial charge in [0.25, 0.3) is 0 Å². The number of hydrogen-bond acceptors (Lipinski definition) is 4. The average Bonchev–Trinajstić information content (AvgIpc) is 1.89. The lowest BCUT2D eigenvalue weighted by Crippen LogP contribution is -2.03. The van der Waals surface area contributed by atoms with Crippen molar-refractivity contribution < 1.29 is 19.8 Å². The van der Waals surface area contributed by atoms with Crippen molar-refractivity contribution in [3.05, 3.63) is 0 Å². The minimum Gasteiger partial charge on any atom is -0.394 e. The summed E-state index contributed by atoms with van der Waals surface area (Å²) in [5, 5.41) is 16.0. The number of aliphatic hydroxyl groups excluding tert-OH is 2. The van der Waals surface area contributed by atoms with Crippen LogP contribution in [0.4, 0.5) is 0 Å². The third-order valence-corrected chi connectivity index (χ3v) is 0.320. The molecule has 0 saturated carbocycles. The second-order valence-electron chi connectivity index (χ2n) is 1.30. The second-order valence-corrected chi connectivity index (χ2v) is 1.30. The number of aldehydes is 2. The molecule has 4 nitrogen and oxygen atoms in total. The van der Waals surface area contributed by atoms with Crippen molar-refractivity contribution in [3.63, 3.8) is 0 Å². The molecule has 0 aliphatic heterocycles. The van der Waals surface area contributed by atoms with E-state index in [-0.39, 0.29) is 19.2 Å². The van der Waals surface area contributed by atoms with Gasteiger partial charge in [0.1, 0.15) is 0 Å². The van der Waals surface area contributed by atoms with Crippen molar-refractivity contribution in [2.75, 3.05) is 6.61 Å². The Hall–Kier alpha value is -0.740. The molecule has 1 atom stereocenters. The molecule has 0 spiro atoms. The number of aliphatic hydroxyl groups is 2. The number of hydrogen-bond donors (Lipinski definition) is 2. The van der Waals surface area contributed by atoms with E-state index >= 15 is 0 Å². The SMILES string of the molecule is CC(O)CO.O=CC=O. The fourth-order valence-corrected chi connectivity index (χ4v) is 0. The molecule has 0 amide bonds. The highest BCUT2D eigenvalue weighted by atomic mass is 16.3. The van der Waals surface area contributed by atoms with E-state index in [4.69, 9.17) is 19.8 Å². The highest BCUT2D eigenvalue weighted by molar-refractivity contribution is 6.09. The monoisotopic (exact) mass is 134 g/mol. The third-order valence-electron chi connectivity index (χ3n) is 0.320. The van der Waals surface area contributed by atoms with Crippen LogP contribution in [-0.4, -0.2) is 35.5 Å². The van der Waals surface area contributed by atoms with Crippen LogP contribution < -0.4 is 0 Å². The minimum atomic E-state index is -0.560. The maximum atomic E-state index is 8.81. The van der Waals surface area contributed by atoms with Gasteiger partial charge in [-0.05, 0) is 6.92 Å². The molecule has 0 rings (SSSR count). The number of rotatable bonds is 2. The molecule has 0 heterocycles. The van der Waals surface area contributed by atoms with Crippen molar-refractivity contribution >= 4 is 12.6 Å². The van der Waals surface area contributed by atoms with Crippen LogP contribution in [0.15, 0.2) is 0 Å². The highest BCUT2D eigenvalue weighted by Crippen LogP contribution is 1.68. The highest BCUT2D eigenvalue weighted by Gasteiger charge is 1.83. The summed E-state index contributed by atoms with van der Waals surface area (Å²) in [6, 6.07) is 0. The van der Waals surface area contributed by atoms with Gasteiger partial charge in [-0.3, -0.25) is 9.59 Å². The van der Waals surface area contributed by atoms with Crippen molar-refractivity contribution in [3.8, 4) is 0 Å². The van der Waals surface area contributed by atoms with E-state index in [1.54, 1.807) is 0 Å². The van der Waals surface area contributed by atoms with E-state index in [1.165, 1.54) is 6.92 Å². The van der Waals surface area contributed by atoms with Crippen LogP contribution in [0.2, 0.25) is 0 Å². The normalized spacial score (nSPS) is 10.6. The van der Waals surface area contributed by atoms with E-state index in [9.17, 15) is 0 Å². The third kappa shape index (κ3) is 39.3. The van der Waals surface area contributed by atoms with Crippen LogP contribution in [0.3, 0.4) is 0 Å². The van der Waals surface area contributed by atoms with Crippen LogP contribution in [0.25, 0.3) is 0 Å². The van der Waals surface area contributed by atoms with Crippen molar-refractivity contribution in [2.24, 2.45) is 0 Å². The van der Waals surface area contributed by atoms with Gasteiger partial charge in [-0.25, -0.2) is 0 Å². The van der Waals surface area contributed by atoms with Gasteiger partial charge >= 0.3 is 0 Å². The molecule has 0 aromatic heterocycles. The summed E-state index contributed by atoms with van der Waals surface area (Å²) in [5.74, 6) is 0. The smallest absolute Gasteiger partial charge is 0.182 e. The zero-order valence-corrected chi connectivity index (χ0v) is 5.15. The molecule has 0 fully saturated rings. The molecule has 0 aromatic rings. The molecule has 1 unspecified atom stereocenters. The Kier molecular flexibility index (Phi) is 12.7. The molecule has 2 N–H and O–H groups in total. The predicted molar refractivity (Wildman–Crippen MR) is 30.9 cm³/mol. The molecule has 0 aliphatic rings. The molecule has 4 heteroatoms. The molecular weight excluding hydrogens is 124 g/mol. The Bertz CT molecular complexity index is 63.4. The minimum absolute atomic E-state index is 0.139. The summed E-state index contributed by atoms with van der Waals surface area (Å²) < 4.78 is 0. The zero-order chi connectivity index (χ0) is 7.70. The largest absolute Gasteiger partial charge is 0.394 e. The Morgan fingerprint density at radius 1 is 1.44 bits per heavy atom. The van der Waals surface area contributed by atoms with Crippen LogP contribution in [0.5, 0.6) is 0 Å². The van der Waals surface area contributed by atoms with E-state index in [0.717, 1.165) is 0 Å². The Labute approximate surface area is 53.1 Å². The summed E-state index contributed by atoms with van der Waals surface area (Å²) in [7, 11) is 0. The van der Waals surface area contributed by atoms with Gasteiger partial charge in [-0.15, -0.1) is 0 Å². The predicted octanol–water partition coefficient (Wildman–Crippen LogP) is -1.26. The number of carbonyl (C=O) groups excluding carboxylic acids is 2. The lowest BCUT2D eigenvalue weighted by atomic mass is 10.5. The zero-order valence-electron chi connectivity index (χ0n) is 5.15. The molecule has 0 radical (unpaired) electrons. The Morgan fingerprint density at radius 2 is 1.67 bits per heavy atom. The van der Waals surface area contributed by atoms with Gasteiger partial charge in [0, 0.05) is 0 Å². The molecule has 9 heavy (non-hydrogen) atoms. The van der Waals surface area contributed by atoms with E-state index in [0.29, 0.717) is 0 Å². The summed E-state index contributed by atoms with van der Waals surface area (Å²) in [5.41, 5.74) is 0. The topological polar surface area (TPSA) is 74.6 Å². The number of carbonyl (C=O) groups is 2. The van der Waals surface area contributed by atoms with E-state index in [2.05, 4.69) is 0 Å². The molecule has 0 saturated heterocycles. The van der Waals surface area contributed by atoms with Gasteiger partial charge in [0.15, 0.2) is 12.6 Å². The van der Waals surface area contributed by atoms with Crippen LogP contribution in [-0.2, 0) is 9.59 Å². The van der Waals surface area contributed by atoms with Gasteiger partial charge in [-0.1, -0.05) is 0 Å². The Morgan fingerprint density at radius 3 is 1.67 bits per heavy atom. The maximum Gasteiger partial charge on any atom is 0.182 e. The van der Waals surface area contributed by atoms with Crippen molar-refractivity contribution in [2.45, 2.75) is 13.0 Å². The van der Waals surface area contributed by atoms with Crippen molar-refractivity contribution in [1.29, 1.82) is 0 Å². The fraction of sp³-hybridized carbons (Fsp3) is 0.600. The summed E-state index contributed by atoms with van der Waals surface area (Å²) in [6.45, 7) is 1.39. The first kappa shape index (κ1) is 11.1. The molecule has 0 aromatic carbocycles. The molecule has 54 valence electrons. The lowest BCUT2D eigenvalue weighted by Gasteiger charge is -1.90. The van der Waals surface area contributed by atoms with Crippen molar-refractivity contribution in [1.82, 2.24) is 0 Å². The van der Waals surface area contributed by atoms with Gasteiger partial charge < -0.3 is 10.2 Å². The van der Waals surface area contributed by atoms with Gasteiger partial charge in [0.05, 0.1) is 12.7 Å². The molecular formula is C5H10O4. The van der Waals surface area contributed by atoms with Crippen LogP contribution in [0, 0.1) is 0 Å². The summed E-state index contributed by atoms with van der Waals surface area (Å²) in [6.07, 6.45) is -0.171. The molecule has 0 bridgehead atoms. The first-order valence-corrected chi connectivity index (χ1v) is 2.36. The lowest BCUT2D eigenvalue weighted by molar-refractivity contribution is -0.122. The second kappa shape index (κ2) is 10.3. The van der Waals surface area contributed by atoms with E-state index < -0.39 is 6.10 Å². The Balaban J connectivity index is 0. The maximum absolute atomic E-state index is 8.81. The summed E-state index contributed by atoms with van der Waals surface area (Å²) >= 11 is 0. The molecule has 0 aliphatic carbocycles. The summed E-state index contributed by atoms with van der Waals surface area (Å²) in [4.78, 5) is 17.6. The quantitative estimate of drug-likeness (QED) is 0.365.